The van der Waals surface area contributed by atoms with Crippen LogP contribution in [0, 0.1) is 110 Å². The van der Waals surface area contributed by atoms with Crippen LogP contribution in [0.15, 0.2) is 34.9 Å². The van der Waals surface area contributed by atoms with E-state index in [1.54, 1.807) is 0 Å². The van der Waals surface area contributed by atoms with Gasteiger partial charge >= 0.3 is 6.18 Å². The summed E-state index contributed by atoms with van der Waals surface area (Å²) in [6.45, 7) is 0.596. The summed E-state index contributed by atoms with van der Waals surface area (Å²) in [6.07, 6.45) is -5.34. The molecule has 3 aromatic rings. The maximum Gasteiger partial charge on any atom is 0.417 e. The topological polar surface area (TPSA) is 119 Å². The molecule has 0 radical (unpaired) electrons. The zero-order valence-corrected chi connectivity index (χ0v) is 22.6. The van der Waals surface area contributed by atoms with E-state index in [9.17, 15) is 46.5 Å². The summed E-state index contributed by atoms with van der Waals surface area (Å²) in [5, 5.41) is 47.7. The highest BCUT2D eigenvalue weighted by Gasteiger charge is 2.46. The van der Waals surface area contributed by atoms with Crippen molar-refractivity contribution in [1.29, 1.82) is 26.3 Å². The average Bonchev–Trinajstić information content (AvgIpc) is 3.76. The van der Waals surface area contributed by atoms with Gasteiger partial charge in [0.2, 0.25) is 0 Å². The summed E-state index contributed by atoms with van der Waals surface area (Å²) in [5.74, 6) is -18.1. The number of nitriles is 5. The summed E-state index contributed by atoms with van der Waals surface area (Å²) < 4.78 is 161. The number of allylic oxidation sites excluding steroid dienone is 6. The second kappa shape index (κ2) is 11.8. The molecule has 0 bridgehead atoms. The third kappa shape index (κ3) is 5.10. The highest BCUT2D eigenvalue weighted by Crippen LogP contribution is 2.57. The maximum absolute atomic E-state index is 15.1. The minimum Gasteiger partial charge on any atom is -0.203 e. The summed E-state index contributed by atoms with van der Waals surface area (Å²) >= 11 is 0. The van der Waals surface area contributed by atoms with Crippen LogP contribution in [0.5, 0.6) is 0 Å². The molecule has 0 aromatic heterocycles. The van der Waals surface area contributed by atoms with E-state index < -0.39 is 125 Å². The van der Waals surface area contributed by atoms with Crippen LogP contribution >= 0.6 is 0 Å². The fourth-order valence-electron chi connectivity index (χ4n) is 4.64. The second-order valence-electron chi connectivity index (χ2n) is 9.33. The second-order valence-corrected chi connectivity index (χ2v) is 9.33. The lowest BCUT2D eigenvalue weighted by Gasteiger charge is -2.12. The van der Waals surface area contributed by atoms with E-state index in [0.29, 0.717) is 13.0 Å². The van der Waals surface area contributed by atoms with Gasteiger partial charge in [-0.15, -0.1) is 0 Å². The zero-order chi connectivity index (χ0) is 35.3. The molecule has 4 rings (SSSR count). The monoisotopic (exact) mass is 657 g/mol. The summed E-state index contributed by atoms with van der Waals surface area (Å²) in [6, 6.07) is 7.31. The smallest absolute Gasteiger partial charge is 0.203 e. The first-order valence-corrected chi connectivity index (χ1v) is 12.2. The first-order chi connectivity index (χ1) is 22.0. The molecular formula is C31H6F11N5. The molecule has 0 aliphatic heterocycles. The molecular weight excluding hydrogens is 651 g/mol. The molecule has 1 fully saturated rings. The van der Waals surface area contributed by atoms with Crippen LogP contribution in [0.4, 0.5) is 48.3 Å². The molecule has 232 valence electrons. The largest absolute Gasteiger partial charge is 0.417 e. The summed E-state index contributed by atoms with van der Waals surface area (Å²) in [4.78, 5) is 0. The van der Waals surface area contributed by atoms with Crippen molar-refractivity contribution in [3.63, 3.8) is 0 Å². The Balaban J connectivity index is 2.34. The van der Waals surface area contributed by atoms with E-state index in [1.807, 2.05) is 0 Å². The number of rotatable bonds is 3. The van der Waals surface area contributed by atoms with Gasteiger partial charge in [-0.05, 0) is 19.1 Å². The summed E-state index contributed by atoms with van der Waals surface area (Å²) in [7, 11) is 0. The molecule has 5 nitrogen and oxygen atoms in total. The van der Waals surface area contributed by atoms with E-state index >= 15 is 17.6 Å². The quantitative estimate of drug-likeness (QED) is 0.160. The van der Waals surface area contributed by atoms with Crippen molar-refractivity contribution in [1.82, 2.24) is 0 Å². The van der Waals surface area contributed by atoms with Crippen molar-refractivity contribution >= 4 is 16.7 Å². The number of hydrogen-bond donors (Lipinski definition) is 0. The predicted molar refractivity (Wildman–Crippen MR) is 136 cm³/mol. The van der Waals surface area contributed by atoms with Gasteiger partial charge < -0.3 is 0 Å². The minimum atomic E-state index is -5.34. The normalized spacial score (nSPS) is 15.5. The highest BCUT2D eigenvalue weighted by molar-refractivity contribution is 6.12. The van der Waals surface area contributed by atoms with Crippen LogP contribution in [-0.2, 0) is 6.18 Å². The first-order valence-electron chi connectivity index (χ1n) is 12.2. The predicted octanol–water partition coefficient (Wildman–Crippen LogP) is 8.12. The first kappa shape index (κ1) is 33.5. The number of benzene rings is 3. The Morgan fingerprint density at radius 1 is 0.553 bits per heavy atom. The van der Waals surface area contributed by atoms with Crippen LogP contribution in [-0.4, -0.2) is 0 Å². The van der Waals surface area contributed by atoms with Crippen molar-refractivity contribution in [2.75, 3.05) is 0 Å². The highest BCUT2D eigenvalue weighted by atomic mass is 19.4. The number of alkyl halides is 3. The van der Waals surface area contributed by atoms with Gasteiger partial charge in [0, 0.05) is 27.8 Å². The Morgan fingerprint density at radius 3 is 1.32 bits per heavy atom. The molecule has 0 amide bonds. The Hall–Kier alpha value is -6.44. The van der Waals surface area contributed by atoms with Gasteiger partial charge in [-0.25, -0.2) is 35.1 Å². The fraction of sp³-hybridized carbons (Fsp3) is 0.0645. The third-order valence-corrected chi connectivity index (χ3v) is 6.85. The average molecular weight is 657 g/mol. The minimum absolute atomic E-state index is 0.258. The molecule has 0 heterocycles. The maximum atomic E-state index is 15.1. The molecule has 0 unspecified atom stereocenters. The molecule has 1 aliphatic rings. The van der Waals surface area contributed by atoms with Gasteiger partial charge in [-0.2, -0.15) is 39.5 Å². The van der Waals surface area contributed by atoms with Crippen LogP contribution in [0.3, 0.4) is 0 Å². The SMILES string of the molecule is Cc1c(F)c(F)c(/C(C#N)=C2/C(=C(C#N)c3ccc(C#N)cc3C(F)(F)F)/C2=C(/C#N)c2c(F)c(F)c(C#N)c(F)c2F)c(F)c1F. The molecule has 1 saturated carbocycles. The van der Waals surface area contributed by atoms with Crippen molar-refractivity contribution in [2.45, 2.75) is 13.1 Å². The molecule has 3 aromatic carbocycles. The lowest BCUT2D eigenvalue weighted by Crippen LogP contribution is -2.09. The van der Waals surface area contributed by atoms with Crippen LogP contribution in [0.2, 0.25) is 0 Å². The van der Waals surface area contributed by atoms with Gasteiger partial charge in [-0.1, -0.05) is 6.07 Å². The Morgan fingerprint density at radius 2 is 0.957 bits per heavy atom. The molecule has 16 heteroatoms. The van der Waals surface area contributed by atoms with Gasteiger partial charge in [0.15, 0.2) is 46.5 Å². The molecule has 0 saturated heterocycles. The van der Waals surface area contributed by atoms with E-state index in [4.69, 9.17) is 10.5 Å². The van der Waals surface area contributed by atoms with E-state index in [2.05, 4.69) is 0 Å². The number of halogens is 11. The van der Waals surface area contributed by atoms with Gasteiger partial charge in [0.1, 0.15) is 29.8 Å². The zero-order valence-electron chi connectivity index (χ0n) is 22.6. The van der Waals surface area contributed by atoms with E-state index in [-0.39, 0.29) is 6.07 Å². The van der Waals surface area contributed by atoms with Crippen molar-refractivity contribution in [3.8, 4) is 30.3 Å². The van der Waals surface area contributed by atoms with Crippen LogP contribution in [0.25, 0.3) is 16.7 Å². The molecule has 0 spiro atoms. The van der Waals surface area contributed by atoms with Gasteiger partial charge in [0.25, 0.3) is 0 Å². The standard InChI is InChI=1S/C31H6F11N5/c1-10-23(32)27(36)21(28(37)24(10)33)14(7-45)19-18(13(6-44)12-3-2-11(5-43)4-17(12)31(40,41)42)20(19)15(8-46)22-29(38)25(34)16(9-47)26(35)30(22)39/h2-4H,1H3/b18-13?,19-14-,20-15+. The third-order valence-electron chi connectivity index (χ3n) is 6.85. The molecule has 0 atom stereocenters. The fourth-order valence-corrected chi connectivity index (χ4v) is 4.64. The van der Waals surface area contributed by atoms with Crippen LogP contribution in [0.1, 0.15) is 38.9 Å². The van der Waals surface area contributed by atoms with Crippen molar-refractivity contribution < 1.29 is 48.3 Å². The van der Waals surface area contributed by atoms with E-state index in [0.717, 1.165) is 24.3 Å². The summed E-state index contributed by atoms with van der Waals surface area (Å²) in [5.41, 5.74) is -17.9. The van der Waals surface area contributed by atoms with E-state index in [1.165, 1.54) is 12.1 Å². The van der Waals surface area contributed by atoms with Gasteiger partial charge in [0.05, 0.1) is 45.0 Å². The molecule has 0 N–H and O–H groups in total. The Kier molecular flexibility index (Phi) is 8.41. The molecule has 1 aliphatic carbocycles. The van der Waals surface area contributed by atoms with Crippen molar-refractivity contribution in [2.24, 2.45) is 0 Å². The number of hydrogen-bond acceptors (Lipinski definition) is 5. The Labute approximate surface area is 255 Å². The lowest BCUT2D eigenvalue weighted by atomic mass is 9.96. The van der Waals surface area contributed by atoms with Crippen molar-refractivity contribution in [3.05, 3.63) is 120 Å². The lowest BCUT2D eigenvalue weighted by molar-refractivity contribution is -0.137. The molecule has 47 heavy (non-hydrogen) atoms. The Bertz CT molecular complexity index is 2220. The van der Waals surface area contributed by atoms with Crippen LogP contribution < -0.4 is 0 Å². The number of nitrogens with zero attached hydrogens (tertiary/aromatic N) is 5. The van der Waals surface area contributed by atoms with Gasteiger partial charge in [-0.3, -0.25) is 0 Å².